The van der Waals surface area contributed by atoms with Crippen LogP contribution in [0.15, 0.2) is 37.0 Å². The van der Waals surface area contributed by atoms with Crippen molar-refractivity contribution in [2.75, 3.05) is 0 Å². The summed E-state index contributed by atoms with van der Waals surface area (Å²) in [5.41, 5.74) is 1.25. The lowest BCUT2D eigenvalue weighted by Crippen LogP contribution is -1.58. The van der Waals surface area contributed by atoms with E-state index in [1.807, 2.05) is 39.8 Å². The summed E-state index contributed by atoms with van der Waals surface area (Å²) in [5.74, 6) is 0. The minimum atomic E-state index is 0.750. The summed E-state index contributed by atoms with van der Waals surface area (Å²) in [4.78, 5) is 17.6. The van der Waals surface area contributed by atoms with Gasteiger partial charge in [-0.05, 0) is 34.1 Å². The molecule has 108 valence electrons. The van der Waals surface area contributed by atoms with Crippen LogP contribution >= 0.6 is 0 Å². The van der Waals surface area contributed by atoms with Crippen molar-refractivity contribution in [1.29, 1.82) is 0 Å². The lowest BCUT2D eigenvalue weighted by atomic mass is 10.3. The molecule has 0 amide bonds. The van der Waals surface area contributed by atoms with Gasteiger partial charge in [0.05, 0.1) is 0 Å². The Morgan fingerprint density at radius 2 is 1.28 bits per heavy atom. The molecule has 0 aliphatic heterocycles. The molecule has 0 saturated heterocycles. The number of carbonyl (C=O) groups is 2. The molecule has 0 rings (SSSR count). The van der Waals surface area contributed by atoms with E-state index in [9.17, 15) is 0 Å². The molecule has 0 spiro atoms. The molecule has 0 bridgehead atoms. The standard InChI is InChI=1S/C5H10.C5H8.2C2H4O.C2H6/c1-4-5(2)3;1-3-5-4-2;2*1-2-3;1-2/h2,4H2,1,3H3;3-5H,1H2,2H3;2*2H,1H3;1-2H3/b;5-4+;;;. The van der Waals surface area contributed by atoms with Crippen molar-refractivity contribution in [2.45, 2.75) is 54.9 Å². The number of hydrogen-bond donors (Lipinski definition) is 0. The molecule has 0 N–H and O–H groups in total. The maximum absolute atomic E-state index is 8.81. The summed E-state index contributed by atoms with van der Waals surface area (Å²) >= 11 is 0. The number of carbonyl (C=O) groups excluding carboxylic acids is 2. The molecule has 0 aromatic heterocycles. The smallest absolute Gasteiger partial charge is 0.116 e. The van der Waals surface area contributed by atoms with Crippen LogP contribution < -0.4 is 0 Å². The number of allylic oxidation sites excluding steroid dienone is 4. The number of aldehydes is 2. The van der Waals surface area contributed by atoms with Gasteiger partial charge in [-0.25, -0.2) is 0 Å². The first-order valence-corrected chi connectivity index (χ1v) is 6.19. The summed E-state index contributed by atoms with van der Waals surface area (Å²) < 4.78 is 0. The molecule has 0 radical (unpaired) electrons. The van der Waals surface area contributed by atoms with Crippen molar-refractivity contribution >= 4 is 12.6 Å². The molecule has 0 fully saturated rings. The van der Waals surface area contributed by atoms with Crippen LogP contribution in [0.3, 0.4) is 0 Å². The van der Waals surface area contributed by atoms with Gasteiger partial charge in [0, 0.05) is 0 Å². The van der Waals surface area contributed by atoms with E-state index in [1.54, 1.807) is 6.08 Å². The molecule has 0 aliphatic rings. The Morgan fingerprint density at radius 3 is 1.28 bits per heavy atom. The van der Waals surface area contributed by atoms with Crippen LogP contribution in [0.5, 0.6) is 0 Å². The maximum atomic E-state index is 8.81. The van der Waals surface area contributed by atoms with Gasteiger partial charge in [-0.1, -0.05) is 51.2 Å². The first kappa shape index (κ1) is 30.0. The monoisotopic (exact) mass is 256 g/mol. The van der Waals surface area contributed by atoms with Gasteiger partial charge in [0.1, 0.15) is 12.6 Å². The van der Waals surface area contributed by atoms with Gasteiger partial charge in [-0.2, -0.15) is 0 Å². The van der Waals surface area contributed by atoms with Gasteiger partial charge in [0.25, 0.3) is 0 Å². The highest BCUT2D eigenvalue weighted by molar-refractivity contribution is 5.44. The Labute approximate surface area is 114 Å². The van der Waals surface area contributed by atoms with E-state index in [0.29, 0.717) is 0 Å². The summed E-state index contributed by atoms with van der Waals surface area (Å²) in [6, 6.07) is 0. The van der Waals surface area contributed by atoms with Crippen molar-refractivity contribution in [3.05, 3.63) is 37.0 Å². The zero-order valence-corrected chi connectivity index (χ0v) is 13.3. The second kappa shape index (κ2) is 57.7. The molecule has 18 heavy (non-hydrogen) atoms. The lowest BCUT2D eigenvalue weighted by Gasteiger charge is -1.79. The molecule has 0 aromatic rings. The van der Waals surface area contributed by atoms with Crippen LogP contribution in [-0.4, -0.2) is 12.6 Å². The average Bonchev–Trinajstić information content (AvgIpc) is 2.35. The molecule has 0 aliphatic carbocycles. The quantitative estimate of drug-likeness (QED) is 0.388. The van der Waals surface area contributed by atoms with Gasteiger partial charge in [0.2, 0.25) is 0 Å². The molecular weight excluding hydrogens is 224 g/mol. The SMILES string of the molecule is C=C(C)CC.C=C/C=C/C.CC.CC=O.CC=O. The summed E-state index contributed by atoms with van der Waals surface area (Å²) in [5, 5.41) is 0. The fraction of sp³-hybridized carbons (Fsp3) is 0.500. The summed E-state index contributed by atoms with van der Waals surface area (Å²) in [6.07, 6.45) is 8.19. The molecule has 2 nitrogen and oxygen atoms in total. The van der Waals surface area contributed by atoms with Crippen LogP contribution in [-0.2, 0) is 9.59 Å². The van der Waals surface area contributed by atoms with E-state index >= 15 is 0 Å². The second-order valence-corrected chi connectivity index (χ2v) is 2.54. The molecular formula is C16H32O2. The molecule has 0 saturated carbocycles. The van der Waals surface area contributed by atoms with E-state index in [2.05, 4.69) is 20.1 Å². The highest BCUT2D eigenvalue weighted by Crippen LogP contribution is 1.88. The van der Waals surface area contributed by atoms with Gasteiger partial charge in [-0.3, -0.25) is 0 Å². The van der Waals surface area contributed by atoms with Gasteiger partial charge >= 0.3 is 0 Å². The zero-order valence-electron chi connectivity index (χ0n) is 13.3. The minimum absolute atomic E-state index is 0.750. The van der Waals surface area contributed by atoms with Gasteiger partial charge in [-0.15, -0.1) is 6.58 Å². The van der Waals surface area contributed by atoms with E-state index in [0.717, 1.165) is 19.0 Å². The molecule has 0 aromatic carbocycles. The Kier molecular flexibility index (Phi) is 96.2. The number of hydrogen-bond acceptors (Lipinski definition) is 2. The Balaban J connectivity index is -0.0000000409. The van der Waals surface area contributed by atoms with Crippen LogP contribution in [0.4, 0.5) is 0 Å². The van der Waals surface area contributed by atoms with Crippen molar-refractivity contribution in [1.82, 2.24) is 0 Å². The second-order valence-electron chi connectivity index (χ2n) is 2.54. The maximum Gasteiger partial charge on any atom is 0.116 e. The van der Waals surface area contributed by atoms with E-state index in [1.165, 1.54) is 19.4 Å². The van der Waals surface area contributed by atoms with Crippen LogP contribution in [0, 0.1) is 0 Å². The van der Waals surface area contributed by atoms with E-state index in [-0.39, 0.29) is 0 Å². The summed E-state index contributed by atoms with van der Waals surface area (Å²) in [6.45, 7) is 20.1. The fourth-order valence-corrected chi connectivity index (χ4v) is 0.136. The van der Waals surface area contributed by atoms with Gasteiger partial charge < -0.3 is 9.59 Å². The van der Waals surface area contributed by atoms with Crippen molar-refractivity contribution in [3.63, 3.8) is 0 Å². The van der Waals surface area contributed by atoms with Crippen molar-refractivity contribution < 1.29 is 9.59 Å². The normalized spacial score (nSPS) is 6.39. The Bertz CT molecular complexity index is 174. The predicted molar refractivity (Wildman–Crippen MR) is 84.9 cm³/mol. The molecule has 0 unspecified atom stereocenters. The first-order valence-electron chi connectivity index (χ1n) is 6.19. The minimum Gasteiger partial charge on any atom is -0.304 e. The zero-order chi connectivity index (χ0) is 15.8. The third-order valence-electron chi connectivity index (χ3n) is 0.932. The van der Waals surface area contributed by atoms with Gasteiger partial charge in [0.15, 0.2) is 0 Å². The van der Waals surface area contributed by atoms with Crippen LogP contribution in [0.1, 0.15) is 54.9 Å². The van der Waals surface area contributed by atoms with Crippen molar-refractivity contribution in [3.8, 4) is 0 Å². The molecule has 2 heteroatoms. The molecule has 0 heterocycles. The average molecular weight is 256 g/mol. The molecule has 0 atom stereocenters. The lowest BCUT2D eigenvalue weighted by molar-refractivity contribution is -0.106. The summed E-state index contributed by atoms with van der Waals surface area (Å²) in [7, 11) is 0. The first-order chi connectivity index (χ1) is 8.51. The Morgan fingerprint density at radius 1 is 1.06 bits per heavy atom. The third-order valence-corrected chi connectivity index (χ3v) is 0.932. The highest BCUT2D eigenvalue weighted by atomic mass is 16.1. The largest absolute Gasteiger partial charge is 0.304 e. The number of rotatable bonds is 2. The van der Waals surface area contributed by atoms with Crippen LogP contribution in [0.2, 0.25) is 0 Å². The van der Waals surface area contributed by atoms with Crippen LogP contribution in [0.25, 0.3) is 0 Å². The van der Waals surface area contributed by atoms with E-state index < -0.39 is 0 Å². The predicted octanol–water partition coefficient (Wildman–Crippen LogP) is 5.16. The highest BCUT2D eigenvalue weighted by Gasteiger charge is 1.67. The van der Waals surface area contributed by atoms with Crippen molar-refractivity contribution in [2.24, 2.45) is 0 Å². The topological polar surface area (TPSA) is 34.1 Å². The van der Waals surface area contributed by atoms with E-state index in [4.69, 9.17) is 9.59 Å². The Hall–Kier alpha value is -1.44. The third kappa shape index (κ3) is 409. The fourth-order valence-electron chi connectivity index (χ4n) is 0.136.